The molecule has 0 unspecified atom stereocenters. The molecule has 0 atom stereocenters. The third kappa shape index (κ3) is 2.14. The molecular formula is C12H10ClNO2. The Bertz CT molecular complexity index is 540. The third-order valence-corrected chi connectivity index (χ3v) is 2.79. The number of carboxylic acids is 1. The van der Waals surface area contributed by atoms with Gasteiger partial charge in [0, 0.05) is 29.2 Å². The van der Waals surface area contributed by atoms with E-state index in [2.05, 4.69) is 4.98 Å². The predicted molar refractivity (Wildman–Crippen MR) is 62.7 cm³/mol. The van der Waals surface area contributed by atoms with Gasteiger partial charge >= 0.3 is 5.97 Å². The Morgan fingerprint density at radius 3 is 2.88 bits per heavy atom. The lowest BCUT2D eigenvalue weighted by Gasteiger charge is -2.06. The number of hydrogen-bond donors (Lipinski definition) is 1. The molecule has 0 aliphatic carbocycles. The van der Waals surface area contributed by atoms with Gasteiger partial charge in [-0.1, -0.05) is 17.7 Å². The van der Waals surface area contributed by atoms with Crippen molar-refractivity contribution in [3.05, 3.63) is 41.2 Å². The number of rotatable bonds is 3. The minimum absolute atomic E-state index is 0.124. The SMILES string of the molecule is O=C(O)CCc1ccc(Cl)c2cnccc12. The van der Waals surface area contributed by atoms with Gasteiger partial charge in [-0.15, -0.1) is 0 Å². The first-order valence-corrected chi connectivity index (χ1v) is 5.29. The summed E-state index contributed by atoms with van der Waals surface area (Å²) < 4.78 is 0. The molecule has 0 amide bonds. The molecule has 0 saturated heterocycles. The molecule has 0 bridgehead atoms. The van der Waals surface area contributed by atoms with Crippen molar-refractivity contribution in [2.24, 2.45) is 0 Å². The van der Waals surface area contributed by atoms with E-state index in [0.29, 0.717) is 11.4 Å². The molecule has 1 heterocycles. The van der Waals surface area contributed by atoms with Crippen molar-refractivity contribution in [1.82, 2.24) is 4.98 Å². The van der Waals surface area contributed by atoms with Crippen LogP contribution < -0.4 is 0 Å². The summed E-state index contributed by atoms with van der Waals surface area (Å²) in [6, 6.07) is 5.51. The fraction of sp³-hybridized carbons (Fsp3) is 0.167. The van der Waals surface area contributed by atoms with E-state index in [1.54, 1.807) is 18.5 Å². The minimum Gasteiger partial charge on any atom is -0.481 e. The fourth-order valence-corrected chi connectivity index (χ4v) is 1.89. The summed E-state index contributed by atoms with van der Waals surface area (Å²) in [6.07, 6.45) is 4.01. The van der Waals surface area contributed by atoms with Gasteiger partial charge < -0.3 is 5.11 Å². The van der Waals surface area contributed by atoms with Crippen LogP contribution in [0.15, 0.2) is 30.6 Å². The highest BCUT2D eigenvalue weighted by Crippen LogP contribution is 2.26. The lowest BCUT2D eigenvalue weighted by molar-refractivity contribution is -0.136. The van der Waals surface area contributed by atoms with Crippen LogP contribution in [0.5, 0.6) is 0 Å². The van der Waals surface area contributed by atoms with Crippen LogP contribution in [0, 0.1) is 0 Å². The number of benzene rings is 1. The van der Waals surface area contributed by atoms with E-state index in [1.165, 1.54) is 0 Å². The molecular weight excluding hydrogens is 226 g/mol. The van der Waals surface area contributed by atoms with Crippen molar-refractivity contribution in [3.63, 3.8) is 0 Å². The highest BCUT2D eigenvalue weighted by atomic mass is 35.5. The fourth-order valence-electron chi connectivity index (χ4n) is 1.68. The van der Waals surface area contributed by atoms with Gasteiger partial charge in [0.25, 0.3) is 0 Å². The second-order valence-electron chi connectivity index (χ2n) is 3.52. The number of aromatic nitrogens is 1. The third-order valence-electron chi connectivity index (χ3n) is 2.46. The van der Waals surface area contributed by atoms with Crippen LogP contribution in [-0.4, -0.2) is 16.1 Å². The average molecular weight is 236 g/mol. The summed E-state index contributed by atoms with van der Waals surface area (Å²) in [5.41, 5.74) is 0.990. The van der Waals surface area contributed by atoms with Gasteiger partial charge in [-0.2, -0.15) is 0 Å². The number of pyridine rings is 1. The minimum atomic E-state index is -0.794. The van der Waals surface area contributed by atoms with Gasteiger partial charge in [0.05, 0.1) is 0 Å². The van der Waals surface area contributed by atoms with Crippen LogP contribution in [0.4, 0.5) is 0 Å². The summed E-state index contributed by atoms with van der Waals surface area (Å²) >= 11 is 6.04. The van der Waals surface area contributed by atoms with Gasteiger partial charge in [0.1, 0.15) is 0 Å². The second kappa shape index (κ2) is 4.49. The summed E-state index contributed by atoms with van der Waals surface area (Å²) in [4.78, 5) is 14.5. The Balaban J connectivity index is 2.46. The smallest absolute Gasteiger partial charge is 0.303 e. The van der Waals surface area contributed by atoms with Gasteiger partial charge in [0.15, 0.2) is 0 Å². The number of fused-ring (bicyclic) bond motifs is 1. The van der Waals surface area contributed by atoms with E-state index in [9.17, 15) is 4.79 Å². The Hall–Kier alpha value is -1.61. The summed E-state index contributed by atoms with van der Waals surface area (Å²) in [7, 11) is 0. The van der Waals surface area contributed by atoms with Crippen LogP contribution in [0.1, 0.15) is 12.0 Å². The molecule has 2 aromatic rings. The van der Waals surface area contributed by atoms with E-state index in [-0.39, 0.29) is 6.42 Å². The Labute approximate surface area is 97.7 Å². The standard InChI is InChI=1S/C12H10ClNO2/c13-11-3-1-8(2-4-12(15)16)9-5-6-14-7-10(9)11/h1,3,5-7H,2,4H2,(H,15,16). The predicted octanol–water partition coefficient (Wildman–Crippen LogP) is 2.91. The summed E-state index contributed by atoms with van der Waals surface area (Å²) in [6.45, 7) is 0. The Kier molecular flexibility index (Phi) is 3.06. The van der Waals surface area contributed by atoms with E-state index >= 15 is 0 Å². The first-order valence-electron chi connectivity index (χ1n) is 4.91. The molecule has 0 spiro atoms. The average Bonchev–Trinajstić information content (AvgIpc) is 2.28. The molecule has 0 saturated carbocycles. The van der Waals surface area contributed by atoms with Crippen molar-refractivity contribution in [3.8, 4) is 0 Å². The van der Waals surface area contributed by atoms with Gasteiger partial charge in [-0.05, 0) is 29.5 Å². The number of nitrogens with zero attached hydrogens (tertiary/aromatic N) is 1. The first-order chi connectivity index (χ1) is 7.68. The van der Waals surface area contributed by atoms with E-state index < -0.39 is 5.97 Å². The highest BCUT2D eigenvalue weighted by Gasteiger charge is 2.06. The molecule has 0 aliphatic rings. The second-order valence-corrected chi connectivity index (χ2v) is 3.93. The zero-order valence-electron chi connectivity index (χ0n) is 8.48. The van der Waals surface area contributed by atoms with Gasteiger partial charge in [-0.3, -0.25) is 9.78 Å². The number of aliphatic carboxylic acids is 1. The van der Waals surface area contributed by atoms with Gasteiger partial charge in [0.2, 0.25) is 0 Å². The molecule has 16 heavy (non-hydrogen) atoms. The monoisotopic (exact) mass is 235 g/mol. The zero-order chi connectivity index (χ0) is 11.5. The molecule has 0 aliphatic heterocycles. The topological polar surface area (TPSA) is 50.2 Å². The molecule has 2 rings (SSSR count). The number of hydrogen-bond acceptors (Lipinski definition) is 2. The maximum absolute atomic E-state index is 10.5. The molecule has 3 nitrogen and oxygen atoms in total. The van der Waals surface area contributed by atoms with Crippen molar-refractivity contribution >= 4 is 28.3 Å². The van der Waals surface area contributed by atoms with E-state index in [0.717, 1.165) is 16.3 Å². The molecule has 82 valence electrons. The first kappa shape index (κ1) is 10.9. The van der Waals surface area contributed by atoms with Crippen LogP contribution in [0.25, 0.3) is 10.8 Å². The van der Waals surface area contributed by atoms with Crippen LogP contribution in [0.3, 0.4) is 0 Å². The normalized spacial score (nSPS) is 10.6. The lowest BCUT2D eigenvalue weighted by Crippen LogP contribution is -1.98. The molecule has 1 N–H and O–H groups in total. The number of carbonyl (C=O) groups is 1. The molecule has 4 heteroatoms. The van der Waals surface area contributed by atoms with Crippen molar-refractivity contribution in [2.75, 3.05) is 0 Å². The molecule has 1 aromatic heterocycles. The zero-order valence-corrected chi connectivity index (χ0v) is 9.24. The van der Waals surface area contributed by atoms with Gasteiger partial charge in [-0.25, -0.2) is 0 Å². The number of halogens is 1. The quantitative estimate of drug-likeness (QED) is 0.890. The molecule has 0 radical (unpaired) electrons. The van der Waals surface area contributed by atoms with E-state index in [1.807, 2.05) is 12.1 Å². The molecule has 1 aromatic carbocycles. The molecule has 0 fully saturated rings. The van der Waals surface area contributed by atoms with Crippen molar-refractivity contribution in [1.29, 1.82) is 0 Å². The van der Waals surface area contributed by atoms with Crippen molar-refractivity contribution in [2.45, 2.75) is 12.8 Å². The number of carboxylic acid groups (broad SMARTS) is 1. The largest absolute Gasteiger partial charge is 0.481 e. The van der Waals surface area contributed by atoms with Crippen LogP contribution in [-0.2, 0) is 11.2 Å². The summed E-state index contributed by atoms with van der Waals surface area (Å²) in [5, 5.41) is 11.1. The maximum atomic E-state index is 10.5. The number of aryl methyl sites for hydroxylation is 1. The highest BCUT2D eigenvalue weighted by molar-refractivity contribution is 6.35. The lowest BCUT2D eigenvalue weighted by atomic mass is 10.0. The van der Waals surface area contributed by atoms with Crippen molar-refractivity contribution < 1.29 is 9.90 Å². The Morgan fingerprint density at radius 1 is 1.31 bits per heavy atom. The van der Waals surface area contributed by atoms with Crippen LogP contribution in [0.2, 0.25) is 5.02 Å². The van der Waals surface area contributed by atoms with E-state index in [4.69, 9.17) is 16.7 Å². The summed E-state index contributed by atoms with van der Waals surface area (Å²) in [5.74, 6) is -0.794. The maximum Gasteiger partial charge on any atom is 0.303 e. The Morgan fingerprint density at radius 2 is 2.12 bits per heavy atom. The van der Waals surface area contributed by atoms with Crippen LogP contribution >= 0.6 is 11.6 Å².